The van der Waals surface area contributed by atoms with Crippen LogP contribution in [0, 0.1) is 17.8 Å². The van der Waals surface area contributed by atoms with E-state index in [1.54, 1.807) is 0 Å². The summed E-state index contributed by atoms with van der Waals surface area (Å²) in [6.45, 7) is 12.4. The Hall–Kier alpha value is -0.0800. The Morgan fingerprint density at radius 1 is 1.19 bits per heavy atom. The zero-order valence-corrected chi connectivity index (χ0v) is 11.8. The van der Waals surface area contributed by atoms with Crippen molar-refractivity contribution >= 4 is 0 Å². The summed E-state index contributed by atoms with van der Waals surface area (Å²) < 4.78 is 0. The monoisotopic (exact) mass is 228 g/mol. The van der Waals surface area contributed by atoms with Gasteiger partial charge in [-0.05, 0) is 63.1 Å². The molecule has 3 N–H and O–H groups in total. The summed E-state index contributed by atoms with van der Waals surface area (Å²) in [5.41, 5.74) is 5.28. The van der Waals surface area contributed by atoms with Gasteiger partial charge in [-0.25, -0.2) is 0 Å². The van der Waals surface area contributed by atoms with Gasteiger partial charge in [0.25, 0.3) is 0 Å². The lowest BCUT2D eigenvalue weighted by Gasteiger charge is -2.09. The Labute approximate surface area is 102 Å². The molecule has 0 saturated carbocycles. The van der Waals surface area contributed by atoms with E-state index >= 15 is 0 Å². The summed E-state index contributed by atoms with van der Waals surface area (Å²) in [4.78, 5) is 0. The fourth-order valence-corrected chi connectivity index (χ4v) is 2.11. The Morgan fingerprint density at radius 2 is 1.88 bits per heavy atom. The molecule has 2 nitrogen and oxygen atoms in total. The number of rotatable bonds is 5. The first-order chi connectivity index (χ1) is 7.56. The molecule has 1 unspecified atom stereocenters. The molecule has 0 amide bonds. The summed E-state index contributed by atoms with van der Waals surface area (Å²) >= 11 is 0. The van der Waals surface area contributed by atoms with Crippen molar-refractivity contribution in [3.63, 3.8) is 0 Å². The number of hydrogen-bond donors (Lipinski definition) is 2. The van der Waals surface area contributed by atoms with Crippen LogP contribution in [0.4, 0.5) is 0 Å². The molecule has 0 radical (unpaired) electrons. The fraction of sp³-hybridized carbons (Fsp3) is 1.00. The molecule has 1 atom stereocenters. The normalized spacial score (nSPS) is 20.1. The summed E-state index contributed by atoms with van der Waals surface area (Å²) in [5.74, 6) is 2.68. The molecule has 2 heteroatoms. The fourth-order valence-electron chi connectivity index (χ4n) is 2.11. The number of hydrogen-bond acceptors (Lipinski definition) is 2. The molecule has 0 aromatic carbocycles. The molecule has 0 aromatic rings. The average molecular weight is 228 g/mol. The van der Waals surface area contributed by atoms with Gasteiger partial charge < -0.3 is 11.1 Å². The average Bonchev–Trinajstić information content (AvgIpc) is 2.67. The molecule has 1 aliphatic rings. The van der Waals surface area contributed by atoms with Gasteiger partial charge in [-0.3, -0.25) is 0 Å². The summed E-state index contributed by atoms with van der Waals surface area (Å²) in [6.07, 6.45) is 5.26. The molecule has 16 heavy (non-hydrogen) atoms. The predicted molar refractivity (Wildman–Crippen MR) is 73.6 cm³/mol. The van der Waals surface area contributed by atoms with E-state index in [2.05, 4.69) is 33.0 Å². The van der Waals surface area contributed by atoms with Crippen molar-refractivity contribution in [2.24, 2.45) is 23.5 Å². The highest BCUT2D eigenvalue weighted by atomic mass is 14.9. The van der Waals surface area contributed by atoms with Gasteiger partial charge in [-0.2, -0.15) is 0 Å². The lowest BCUT2D eigenvalue weighted by molar-refractivity contribution is 0.438. The van der Waals surface area contributed by atoms with E-state index in [0.29, 0.717) is 0 Å². The molecule has 98 valence electrons. The SMILES string of the molecule is CC(C)CC1CCNC1.CC(C)CCCN. The van der Waals surface area contributed by atoms with Crippen LogP contribution >= 0.6 is 0 Å². The minimum atomic E-state index is 0.823. The van der Waals surface area contributed by atoms with Crippen LogP contribution in [-0.2, 0) is 0 Å². The van der Waals surface area contributed by atoms with Gasteiger partial charge in [0.1, 0.15) is 0 Å². The van der Waals surface area contributed by atoms with Crippen LogP contribution in [0.2, 0.25) is 0 Å². The van der Waals surface area contributed by atoms with E-state index in [0.717, 1.165) is 24.3 Å². The number of nitrogens with one attached hydrogen (secondary N) is 1. The van der Waals surface area contributed by atoms with Crippen molar-refractivity contribution in [3.8, 4) is 0 Å². The van der Waals surface area contributed by atoms with Crippen LogP contribution in [0.5, 0.6) is 0 Å². The van der Waals surface area contributed by atoms with E-state index in [4.69, 9.17) is 5.73 Å². The van der Waals surface area contributed by atoms with Gasteiger partial charge >= 0.3 is 0 Å². The van der Waals surface area contributed by atoms with Crippen LogP contribution in [-0.4, -0.2) is 19.6 Å². The minimum absolute atomic E-state index is 0.823. The lowest BCUT2D eigenvalue weighted by Crippen LogP contribution is -2.10. The quantitative estimate of drug-likeness (QED) is 0.759. The highest BCUT2D eigenvalue weighted by molar-refractivity contribution is 4.71. The summed E-state index contributed by atoms with van der Waals surface area (Å²) in [6, 6.07) is 0. The maximum Gasteiger partial charge on any atom is -0.00199 e. The van der Waals surface area contributed by atoms with E-state index in [1.807, 2.05) is 0 Å². The smallest absolute Gasteiger partial charge is 0.00199 e. The third-order valence-electron chi connectivity index (χ3n) is 2.95. The van der Waals surface area contributed by atoms with Gasteiger partial charge in [0, 0.05) is 0 Å². The highest BCUT2D eigenvalue weighted by Crippen LogP contribution is 2.17. The van der Waals surface area contributed by atoms with Gasteiger partial charge in [0.15, 0.2) is 0 Å². The van der Waals surface area contributed by atoms with Crippen molar-refractivity contribution in [1.29, 1.82) is 0 Å². The first-order valence-electron chi connectivity index (χ1n) is 6.97. The minimum Gasteiger partial charge on any atom is -0.330 e. The third kappa shape index (κ3) is 10.4. The molecule has 0 bridgehead atoms. The van der Waals surface area contributed by atoms with E-state index < -0.39 is 0 Å². The Morgan fingerprint density at radius 3 is 2.19 bits per heavy atom. The number of nitrogens with two attached hydrogens (primary N) is 1. The topological polar surface area (TPSA) is 38.0 Å². The van der Waals surface area contributed by atoms with Crippen molar-refractivity contribution in [2.75, 3.05) is 19.6 Å². The first-order valence-corrected chi connectivity index (χ1v) is 6.97. The van der Waals surface area contributed by atoms with E-state index in [9.17, 15) is 0 Å². The van der Waals surface area contributed by atoms with E-state index in [-0.39, 0.29) is 0 Å². The largest absolute Gasteiger partial charge is 0.330 e. The first kappa shape index (κ1) is 15.9. The highest BCUT2D eigenvalue weighted by Gasteiger charge is 2.14. The van der Waals surface area contributed by atoms with Crippen molar-refractivity contribution in [3.05, 3.63) is 0 Å². The molecule has 0 spiro atoms. The summed E-state index contributed by atoms with van der Waals surface area (Å²) in [7, 11) is 0. The van der Waals surface area contributed by atoms with E-state index in [1.165, 1.54) is 38.8 Å². The Balaban J connectivity index is 0.000000293. The Kier molecular flexibility index (Phi) is 10.0. The molecule has 1 heterocycles. The zero-order valence-electron chi connectivity index (χ0n) is 11.8. The predicted octanol–water partition coefficient (Wildman–Crippen LogP) is 3.02. The van der Waals surface area contributed by atoms with Crippen molar-refractivity contribution in [1.82, 2.24) is 5.32 Å². The maximum absolute atomic E-state index is 5.28. The molecule has 1 rings (SSSR count). The van der Waals surface area contributed by atoms with Crippen LogP contribution in [0.3, 0.4) is 0 Å². The second-order valence-electron chi connectivity index (χ2n) is 5.81. The van der Waals surface area contributed by atoms with Crippen LogP contribution in [0.1, 0.15) is 53.4 Å². The zero-order chi connectivity index (χ0) is 12.4. The molecule has 1 saturated heterocycles. The third-order valence-corrected chi connectivity index (χ3v) is 2.95. The van der Waals surface area contributed by atoms with Crippen LogP contribution in [0.25, 0.3) is 0 Å². The Bertz CT molecular complexity index is 138. The van der Waals surface area contributed by atoms with Crippen molar-refractivity contribution in [2.45, 2.75) is 53.4 Å². The van der Waals surface area contributed by atoms with Gasteiger partial charge in [-0.15, -0.1) is 0 Å². The van der Waals surface area contributed by atoms with Crippen molar-refractivity contribution < 1.29 is 0 Å². The maximum atomic E-state index is 5.28. The lowest BCUT2D eigenvalue weighted by atomic mass is 9.97. The second-order valence-corrected chi connectivity index (χ2v) is 5.81. The van der Waals surface area contributed by atoms with Gasteiger partial charge in [0.2, 0.25) is 0 Å². The molecule has 0 aromatic heterocycles. The van der Waals surface area contributed by atoms with Gasteiger partial charge in [-0.1, -0.05) is 27.7 Å². The molecule has 1 fully saturated rings. The van der Waals surface area contributed by atoms with Gasteiger partial charge in [0.05, 0.1) is 0 Å². The van der Waals surface area contributed by atoms with Crippen LogP contribution < -0.4 is 11.1 Å². The standard InChI is InChI=1S/C8H17N.C6H15N/c1-7(2)5-8-3-4-9-6-8;1-6(2)4-3-5-7/h7-9H,3-6H2,1-2H3;6H,3-5,7H2,1-2H3. The molecular formula is C14H32N2. The second kappa shape index (κ2) is 10.1. The summed E-state index contributed by atoms with van der Waals surface area (Å²) in [5, 5.41) is 3.38. The molecule has 1 aliphatic heterocycles. The molecular weight excluding hydrogens is 196 g/mol. The molecule has 0 aliphatic carbocycles. The van der Waals surface area contributed by atoms with Crippen LogP contribution in [0.15, 0.2) is 0 Å².